The summed E-state index contributed by atoms with van der Waals surface area (Å²) in [7, 11) is 0. The average molecular weight is 1350 g/mol. The number of nitrogen functional groups attached to an aromatic ring is 3. The van der Waals surface area contributed by atoms with Gasteiger partial charge in [-0.1, -0.05) is 81.4 Å². The van der Waals surface area contributed by atoms with Crippen molar-refractivity contribution in [3.63, 3.8) is 0 Å². The van der Waals surface area contributed by atoms with E-state index in [9.17, 15) is 58.3 Å². The minimum Gasteiger partial charge on any atom is -0.383 e. The molecule has 1 saturated heterocycles. The zero-order valence-electron chi connectivity index (χ0n) is 52.5. The van der Waals surface area contributed by atoms with Crippen LogP contribution in [-0.4, -0.2) is 105 Å². The minimum absolute atomic E-state index is 0. The highest BCUT2D eigenvalue weighted by atomic mass is 19.4. The third-order valence-corrected chi connectivity index (χ3v) is 16.8. The molecular weight excluding hydrogens is 1250 g/mol. The molecule has 8 aromatic rings. The van der Waals surface area contributed by atoms with Crippen LogP contribution >= 0.6 is 0 Å². The quantitative estimate of drug-likeness (QED) is 0.0245. The van der Waals surface area contributed by atoms with Crippen molar-refractivity contribution in [1.29, 1.82) is 0 Å². The van der Waals surface area contributed by atoms with Gasteiger partial charge in [0.2, 0.25) is 17.3 Å². The van der Waals surface area contributed by atoms with Crippen molar-refractivity contribution in [1.82, 2.24) is 35.2 Å². The first kappa shape index (κ1) is 72.8. The second kappa shape index (κ2) is 30.6. The highest BCUT2D eigenvalue weighted by molar-refractivity contribution is 6.13. The Morgan fingerprint density at radius 2 is 0.895 bits per heavy atom. The molecule has 1 fully saturated rings. The first-order valence-electron chi connectivity index (χ1n) is 30.0. The van der Waals surface area contributed by atoms with Crippen LogP contribution < -0.4 is 49.5 Å². The summed E-state index contributed by atoms with van der Waals surface area (Å²) in [6, 6.07) is 33.4. The summed E-state index contributed by atoms with van der Waals surface area (Å²) in [6.45, 7) is 11.3. The van der Waals surface area contributed by atoms with Gasteiger partial charge in [0.15, 0.2) is 0 Å². The first-order valence-corrected chi connectivity index (χ1v) is 30.0. The zero-order chi connectivity index (χ0) is 69.7. The number of hydrogen-bond donors (Lipinski definition) is 8. The Labute approximate surface area is 561 Å². The van der Waals surface area contributed by atoms with Gasteiger partial charge in [-0.15, -0.1) is 0 Å². The summed E-state index contributed by atoms with van der Waals surface area (Å²) in [6.07, 6.45) is -8.87. The summed E-state index contributed by atoms with van der Waals surface area (Å²) in [5.41, 5.74) is 22.9. The average Bonchev–Trinajstić information content (AvgIpc) is 0.789. The van der Waals surface area contributed by atoms with Crippen LogP contribution in [0.1, 0.15) is 142 Å². The van der Waals surface area contributed by atoms with Crippen LogP contribution in [-0.2, 0) is 29.4 Å². The van der Waals surface area contributed by atoms with E-state index in [1.807, 2.05) is 74.5 Å². The molecule has 0 radical (unpaired) electrons. The van der Waals surface area contributed by atoms with Crippen molar-refractivity contribution in [2.75, 3.05) is 78.5 Å². The van der Waals surface area contributed by atoms with E-state index in [2.05, 4.69) is 45.9 Å². The molecule has 0 aliphatic carbocycles. The van der Waals surface area contributed by atoms with E-state index in [0.29, 0.717) is 58.7 Å². The number of nitrogens with zero attached hydrogens (tertiary/aromatic N) is 7. The lowest BCUT2D eigenvalue weighted by molar-refractivity contribution is -0.138. The van der Waals surface area contributed by atoms with Gasteiger partial charge in [-0.3, -0.25) is 14.4 Å². The summed E-state index contributed by atoms with van der Waals surface area (Å²) >= 11 is 0. The van der Waals surface area contributed by atoms with E-state index in [-0.39, 0.29) is 82.1 Å². The summed E-state index contributed by atoms with van der Waals surface area (Å²) in [4.78, 5) is 63.9. The predicted molar refractivity (Wildman–Crippen MR) is 372 cm³/mol. The topological polar surface area (TPSA) is 298 Å². The molecule has 530 valence electrons. The highest BCUT2D eigenvalue weighted by Crippen LogP contribution is 2.38. The number of alkyl halides is 10. The third kappa shape index (κ3) is 17.6. The van der Waals surface area contributed by atoms with E-state index in [4.69, 9.17) is 28.7 Å². The predicted octanol–water partition coefficient (Wildman–Crippen LogP) is 14.7. The summed E-state index contributed by atoms with van der Waals surface area (Å²) < 4.78 is 137. The molecule has 1 aliphatic heterocycles. The number of ketones is 3. The van der Waals surface area contributed by atoms with Crippen molar-refractivity contribution in [2.24, 2.45) is 17.4 Å². The Hall–Kier alpha value is -9.67. The lowest BCUT2D eigenvalue weighted by atomic mass is 9.78. The fourth-order valence-corrected chi connectivity index (χ4v) is 10.6. The number of rotatable bonds is 21. The standard InChI is InChI=1S/2C23H24F3N5O.C21H25F4N5O.13H2/c2*1-2-22(13-27,15-7-4-3-5-8-15)14-30-18-11-10-17(23(24,25)26)19(31-18)20(32)16-9-6-12-29-21(16)28;1-12(20(2,3)22)15-11-30(10-9-27-15)16-7-6-14(21(23,24)25)17(29-16)18(31)13-5-4-8-28-19(13)26;;;;;;;;;;;;;/h2*3-12H,2,13-14,27H2,1H3,(H2,28,29)(H,30,31);4-8,12,15,27H,9-11H2,1-3H3,(H2,26,28);13*1H/t2*22-;;;;;;;;;;;;;;/m10............../s1. The van der Waals surface area contributed by atoms with Crippen LogP contribution in [0.3, 0.4) is 0 Å². The number of benzene rings is 2. The van der Waals surface area contributed by atoms with Crippen molar-refractivity contribution in [3.8, 4) is 0 Å². The number of aromatic nitrogens is 6. The lowest BCUT2D eigenvalue weighted by Crippen LogP contribution is -2.56. The molecule has 28 heteroatoms. The number of halogens is 10. The monoisotopic (exact) mass is 1350 g/mol. The number of nitrogens with two attached hydrogens (primary N) is 5. The van der Waals surface area contributed by atoms with Crippen LogP contribution in [0.4, 0.5) is 78.8 Å². The van der Waals surface area contributed by atoms with Crippen LogP contribution in [0.25, 0.3) is 0 Å². The van der Waals surface area contributed by atoms with Crippen molar-refractivity contribution in [3.05, 3.63) is 214 Å². The van der Waals surface area contributed by atoms with E-state index in [1.54, 1.807) is 11.8 Å². The first-order chi connectivity index (χ1) is 44.8. The van der Waals surface area contributed by atoms with Gasteiger partial charge in [-0.25, -0.2) is 34.3 Å². The van der Waals surface area contributed by atoms with Gasteiger partial charge in [0.05, 0.1) is 33.4 Å². The van der Waals surface area contributed by atoms with Crippen LogP contribution in [0, 0.1) is 5.92 Å². The Balaban J connectivity index is -0.000000267. The summed E-state index contributed by atoms with van der Waals surface area (Å²) in [5.74, 6) is -3.22. The number of anilines is 6. The molecule has 13 N–H and O–H groups in total. The van der Waals surface area contributed by atoms with Crippen LogP contribution in [0.2, 0.25) is 0 Å². The molecule has 2 unspecified atom stereocenters. The Bertz CT molecular complexity index is 3800. The minimum atomic E-state index is -4.77. The maximum atomic E-state index is 14.4. The van der Waals surface area contributed by atoms with Crippen molar-refractivity contribution in [2.45, 2.75) is 88.5 Å². The molecule has 18 nitrogen and oxygen atoms in total. The largest absolute Gasteiger partial charge is 0.418 e. The van der Waals surface area contributed by atoms with E-state index >= 15 is 0 Å². The van der Waals surface area contributed by atoms with E-state index in [1.165, 1.54) is 87.0 Å². The van der Waals surface area contributed by atoms with Gasteiger partial charge in [-0.05, 0) is 111 Å². The van der Waals surface area contributed by atoms with Gasteiger partial charge in [-0.2, -0.15) is 39.5 Å². The molecule has 0 saturated carbocycles. The van der Waals surface area contributed by atoms with Crippen LogP contribution in [0.15, 0.2) is 152 Å². The van der Waals surface area contributed by atoms with Gasteiger partial charge in [0.1, 0.15) is 57.7 Å². The fourth-order valence-electron chi connectivity index (χ4n) is 10.6. The molecule has 0 amide bonds. The van der Waals surface area contributed by atoms with E-state index < -0.39 is 86.1 Å². The highest BCUT2D eigenvalue weighted by Gasteiger charge is 2.42. The molecule has 2 aromatic carbocycles. The summed E-state index contributed by atoms with van der Waals surface area (Å²) in [5, 5.41) is 9.39. The molecule has 6 aromatic heterocycles. The van der Waals surface area contributed by atoms with Gasteiger partial charge in [0.25, 0.3) is 0 Å². The molecule has 4 atom stereocenters. The number of carbonyl (C=O) groups excluding carboxylic acids is 3. The van der Waals surface area contributed by atoms with Gasteiger partial charge in [0, 0.05) is 106 Å². The number of pyridine rings is 6. The second-order valence-corrected chi connectivity index (χ2v) is 23.0. The molecule has 0 bridgehead atoms. The molecule has 7 heterocycles. The Morgan fingerprint density at radius 1 is 0.537 bits per heavy atom. The maximum absolute atomic E-state index is 14.4. The SMILES string of the molecule is CC(C1CN(c2ccc(C(F)(F)F)c(C(=O)c3cccnc3N)n2)CCN1)C(C)(C)F.CC[C@@](CN)(CNc1ccc(C(F)(F)F)c(C(=O)c2cccnc2N)n1)c1ccccc1.CC[C@](CN)(CNc1ccc(C(F)(F)F)c(C(=O)c2cccnc2N)n1)c1ccccc1.[HH].[HH].[HH].[HH].[HH].[HH].[HH].[HH].[HH].[HH].[HH].[HH].[HH]. The van der Waals surface area contributed by atoms with E-state index in [0.717, 1.165) is 29.3 Å². The Morgan fingerprint density at radius 3 is 1.22 bits per heavy atom. The molecule has 1 aliphatic rings. The lowest BCUT2D eigenvalue weighted by Gasteiger charge is -2.40. The third-order valence-electron chi connectivity index (χ3n) is 16.8. The number of hydrogen-bond acceptors (Lipinski definition) is 18. The van der Waals surface area contributed by atoms with Crippen molar-refractivity contribution >= 4 is 52.3 Å². The van der Waals surface area contributed by atoms with Crippen molar-refractivity contribution < 1.29 is 76.8 Å². The normalized spacial score (nSPS) is 15.1. The zero-order valence-corrected chi connectivity index (χ0v) is 52.5. The molecule has 9 rings (SSSR count). The van der Waals surface area contributed by atoms with Gasteiger partial charge >= 0.3 is 18.5 Å². The van der Waals surface area contributed by atoms with Gasteiger partial charge < -0.3 is 49.5 Å². The second-order valence-electron chi connectivity index (χ2n) is 23.0. The number of nitrogens with one attached hydrogen (secondary N) is 3. The number of carbonyl (C=O) groups is 3. The Kier molecular flexibility index (Phi) is 23.4. The maximum Gasteiger partial charge on any atom is 0.418 e. The fraction of sp³-hybridized carbons (Fsp3) is 0.328. The molecular formula is C67H99F10N15O3. The smallest absolute Gasteiger partial charge is 0.383 e. The molecule has 0 spiro atoms. The number of piperazine rings is 1. The van der Waals surface area contributed by atoms with Crippen LogP contribution in [0.5, 0.6) is 0 Å². The molecule has 95 heavy (non-hydrogen) atoms.